The predicted molar refractivity (Wildman–Crippen MR) is 202 cm³/mol. The zero-order valence-electron chi connectivity index (χ0n) is 31.6. The van der Waals surface area contributed by atoms with Crippen molar-refractivity contribution in [2.24, 2.45) is 11.8 Å². The number of fused-ring (bicyclic) bond motifs is 1. The van der Waals surface area contributed by atoms with E-state index >= 15 is 0 Å². The Balaban J connectivity index is 1.12. The quantitative estimate of drug-likeness (QED) is 0.164. The van der Waals surface area contributed by atoms with Crippen LogP contribution in [0.25, 0.3) is 22.2 Å². The standard InChI is InChI=1S/C40H48N8O6/c1-23(2)33(45-39(51)53-5)37(49)47-19-7-9-31(47)35-41-22-28(42-35)17-13-25-11-14-26(15-12-25)27-16-18-29-30(21-27)44-36(43-29)32-10-8-20-48(32)38(50)34(24(3)4)46-40(52)54-6/h11-12,14-16,18,21-24,31-34H,7-10,19-20H2,1-6H3,(H,41,42)(H,43,44)(H,45,51)(H,46,52)/t31-,32+,33+,34-/m1/s1. The van der Waals surface area contributed by atoms with E-state index in [-0.39, 0.29) is 35.7 Å². The predicted octanol–water partition coefficient (Wildman–Crippen LogP) is 5.44. The first kappa shape index (κ1) is 37.9. The largest absolute Gasteiger partial charge is 0.453 e. The van der Waals surface area contributed by atoms with Gasteiger partial charge in [0.15, 0.2) is 0 Å². The number of hydrogen-bond donors (Lipinski definition) is 4. The number of aromatic amines is 2. The molecule has 0 saturated carbocycles. The van der Waals surface area contributed by atoms with Crippen molar-refractivity contribution in [2.45, 2.75) is 77.5 Å². The molecule has 4 amide bonds. The fraction of sp³-hybridized carbons (Fsp3) is 0.450. The van der Waals surface area contributed by atoms with E-state index in [0.717, 1.165) is 59.2 Å². The maximum absolute atomic E-state index is 13.6. The number of hydrogen-bond acceptors (Lipinski definition) is 8. The third-order valence-electron chi connectivity index (χ3n) is 10.1. The number of ether oxygens (including phenoxy) is 2. The van der Waals surface area contributed by atoms with Crippen molar-refractivity contribution >= 4 is 35.0 Å². The van der Waals surface area contributed by atoms with E-state index in [4.69, 9.17) is 14.5 Å². The molecule has 54 heavy (non-hydrogen) atoms. The third kappa shape index (κ3) is 8.20. The van der Waals surface area contributed by atoms with Gasteiger partial charge in [-0.25, -0.2) is 19.6 Å². The van der Waals surface area contributed by atoms with Gasteiger partial charge in [-0.3, -0.25) is 9.59 Å². The van der Waals surface area contributed by atoms with Crippen LogP contribution in [0, 0.1) is 23.7 Å². The van der Waals surface area contributed by atoms with E-state index < -0.39 is 24.3 Å². The van der Waals surface area contributed by atoms with E-state index in [1.807, 2.05) is 69.0 Å². The summed E-state index contributed by atoms with van der Waals surface area (Å²) in [7, 11) is 2.57. The number of imidazole rings is 2. The second kappa shape index (κ2) is 16.4. The number of alkyl carbamates (subject to hydrolysis) is 2. The van der Waals surface area contributed by atoms with E-state index in [1.54, 1.807) is 11.1 Å². The van der Waals surface area contributed by atoms with Crippen LogP contribution in [0.15, 0.2) is 48.7 Å². The Hall–Kier alpha value is -5.84. The summed E-state index contributed by atoms with van der Waals surface area (Å²) in [6.07, 6.45) is 3.63. The van der Waals surface area contributed by atoms with E-state index in [1.165, 1.54) is 14.2 Å². The molecule has 14 heteroatoms. The van der Waals surface area contributed by atoms with Crippen LogP contribution in [0.1, 0.15) is 88.4 Å². The highest BCUT2D eigenvalue weighted by Gasteiger charge is 2.39. The van der Waals surface area contributed by atoms with Gasteiger partial charge in [0.1, 0.15) is 29.4 Å². The monoisotopic (exact) mass is 736 g/mol. The van der Waals surface area contributed by atoms with Crippen LogP contribution < -0.4 is 10.6 Å². The summed E-state index contributed by atoms with van der Waals surface area (Å²) in [5, 5.41) is 5.37. The second-order valence-corrected chi connectivity index (χ2v) is 14.5. The van der Waals surface area contributed by atoms with Gasteiger partial charge < -0.3 is 39.9 Å². The van der Waals surface area contributed by atoms with Crippen LogP contribution in [-0.2, 0) is 19.1 Å². The number of aromatic nitrogens is 4. The number of carbonyl (C=O) groups excluding carboxylic acids is 4. The molecule has 2 aliphatic heterocycles. The molecular weight excluding hydrogens is 688 g/mol. The molecule has 4 N–H and O–H groups in total. The lowest BCUT2D eigenvalue weighted by molar-refractivity contribution is -0.136. The van der Waals surface area contributed by atoms with Gasteiger partial charge in [0.25, 0.3) is 0 Å². The fourth-order valence-corrected chi connectivity index (χ4v) is 7.21. The number of rotatable bonds is 9. The van der Waals surface area contributed by atoms with Crippen LogP contribution in [0.5, 0.6) is 0 Å². The summed E-state index contributed by atoms with van der Waals surface area (Å²) in [5.41, 5.74) is 5.18. The smallest absolute Gasteiger partial charge is 0.407 e. The molecule has 6 rings (SSSR count). The molecule has 0 radical (unpaired) electrons. The Morgan fingerprint density at radius 2 is 1.31 bits per heavy atom. The van der Waals surface area contributed by atoms with Gasteiger partial charge in [0, 0.05) is 18.7 Å². The summed E-state index contributed by atoms with van der Waals surface area (Å²) in [6.45, 7) is 8.74. The molecule has 0 bridgehead atoms. The van der Waals surface area contributed by atoms with Gasteiger partial charge in [-0.2, -0.15) is 0 Å². The van der Waals surface area contributed by atoms with Gasteiger partial charge in [-0.15, -0.1) is 0 Å². The minimum absolute atomic E-state index is 0.110. The van der Waals surface area contributed by atoms with Crippen molar-refractivity contribution < 1.29 is 28.7 Å². The number of nitrogens with one attached hydrogen (secondary N) is 4. The van der Waals surface area contributed by atoms with E-state index in [0.29, 0.717) is 24.6 Å². The summed E-state index contributed by atoms with van der Waals surface area (Å²) in [4.78, 5) is 70.6. The Morgan fingerprint density at radius 1 is 0.759 bits per heavy atom. The topological polar surface area (TPSA) is 175 Å². The number of methoxy groups -OCH3 is 2. The number of amides is 4. The van der Waals surface area contributed by atoms with Crippen LogP contribution in [-0.4, -0.2) is 93.1 Å². The summed E-state index contributed by atoms with van der Waals surface area (Å²) < 4.78 is 9.49. The molecule has 4 aromatic rings. The molecule has 2 aromatic carbocycles. The second-order valence-electron chi connectivity index (χ2n) is 14.5. The molecule has 2 aliphatic rings. The highest BCUT2D eigenvalue weighted by molar-refractivity contribution is 5.87. The molecule has 14 nitrogen and oxygen atoms in total. The summed E-state index contributed by atoms with van der Waals surface area (Å²) in [5.74, 6) is 7.23. The number of benzene rings is 2. The molecule has 4 atom stereocenters. The molecule has 2 saturated heterocycles. The lowest BCUT2D eigenvalue weighted by Crippen LogP contribution is -2.51. The van der Waals surface area contributed by atoms with Gasteiger partial charge in [0.2, 0.25) is 11.8 Å². The summed E-state index contributed by atoms with van der Waals surface area (Å²) in [6, 6.07) is 12.2. The van der Waals surface area contributed by atoms with Crippen molar-refractivity contribution in [3.8, 4) is 23.0 Å². The van der Waals surface area contributed by atoms with Gasteiger partial charge in [0.05, 0.1) is 43.5 Å². The van der Waals surface area contributed by atoms with E-state index in [9.17, 15) is 19.2 Å². The molecule has 0 spiro atoms. The Morgan fingerprint density at radius 3 is 1.87 bits per heavy atom. The van der Waals surface area contributed by atoms with Crippen LogP contribution >= 0.6 is 0 Å². The van der Waals surface area contributed by atoms with Crippen molar-refractivity contribution in [3.05, 3.63) is 71.6 Å². The van der Waals surface area contributed by atoms with E-state index in [2.05, 4.69) is 43.5 Å². The molecule has 2 fully saturated rings. The molecule has 4 heterocycles. The Labute approximate surface area is 314 Å². The van der Waals surface area contributed by atoms with Crippen molar-refractivity contribution in [1.29, 1.82) is 0 Å². The molecule has 0 unspecified atom stereocenters. The third-order valence-corrected chi connectivity index (χ3v) is 10.1. The Bertz CT molecular complexity index is 2060. The maximum atomic E-state index is 13.6. The lowest BCUT2D eigenvalue weighted by Gasteiger charge is -2.29. The number of H-pyrrole nitrogens is 2. The first-order valence-corrected chi connectivity index (χ1v) is 18.4. The highest BCUT2D eigenvalue weighted by atomic mass is 16.5. The normalized spacial score (nSPS) is 18.0. The minimum Gasteiger partial charge on any atom is -0.453 e. The van der Waals surface area contributed by atoms with Crippen LogP contribution in [0.3, 0.4) is 0 Å². The average Bonchev–Trinajstić information content (AvgIpc) is 4.00. The van der Waals surface area contributed by atoms with Gasteiger partial charge in [-0.1, -0.05) is 51.8 Å². The fourth-order valence-electron chi connectivity index (χ4n) is 7.21. The first-order valence-electron chi connectivity index (χ1n) is 18.4. The average molecular weight is 737 g/mol. The molecule has 284 valence electrons. The molecule has 2 aromatic heterocycles. The lowest BCUT2D eigenvalue weighted by atomic mass is 10.0. The molecule has 0 aliphatic carbocycles. The van der Waals surface area contributed by atoms with Crippen LogP contribution in [0.4, 0.5) is 9.59 Å². The van der Waals surface area contributed by atoms with Gasteiger partial charge >= 0.3 is 12.2 Å². The number of nitrogens with zero attached hydrogens (tertiary/aromatic N) is 4. The zero-order valence-corrected chi connectivity index (χ0v) is 31.6. The SMILES string of the molecule is COC(=O)N[C@H](C(=O)N1CCC[C@@H]1c1ncc(C#Cc2ccc(-c3ccc4nc([C@@H]5CCCN5C(=O)[C@H](NC(=O)OC)C(C)C)[nH]c4c3)cc2)[nH]1)C(C)C. The van der Waals surface area contributed by atoms with Crippen molar-refractivity contribution in [3.63, 3.8) is 0 Å². The number of likely N-dealkylation sites (tertiary alicyclic amines) is 2. The van der Waals surface area contributed by atoms with Crippen molar-refractivity contribution in [2.75, 3.05) is 27.3 Å². The van der Waals surface area contributed by atoms with Gasteiger partial charge in [-0.05, 0) is 78.8 Å². The summed E-state index contributed by atoms with van der Waals surface area (Å²) >= 11 is 0. The number of carbonyl (C=O) groups is 4. The van der Waals surface area contributed by atoms with Crippen LogP contribution in [0.2, 0.25) is 0 Å². The zero-order chi connectivity index (χ0) is 38.5. The molecular formula is C40H48N8O6. The minimum atomic E-state index is -0.698. The highest BCUT2D eigenvalue weighted by Crippen LogP contribution is 2.34. The van der Waals surface area contributed by atoms with Crippen molar-refractivity contribution in [1.82, 2.24) is 40.4 Å². The first-order chi connectivity index (χ1) is 26.0. The maximum Gasteiger partial charge on any atom is 0.407 e. The Kier molecular flexibility index (Phi) is 11.5.